The number of aryl methyl sites for hydroxylation is 4. The molecule has 0 unspecified atom stereocenters. The normalized spacial score (nSPS) is 11.9. The molecular formula is C65H94N2. The largest absolute Gasteiger partial charge is 0.307 e. The van der Waals surface area contributed by atoms with Crippen molar-refractivity contribution in [1.29, 1.82) is 0 Å². The van der Waals surface area contributed by atoms with Gasteiger partial charge in [0.25, 0.3) is 0 Å². The molecule has 2 heterocycles. The molecule has 2 aromatic heterocycles. The Labute approximate surface area is 412 Å². The van der Waals surface area contributed by atoms with E-state index in [2.05, 4.69) is 242 Å². The van der Waals surface area contributed by atoms with Gasteiger partial charge in [0.2, 0.25) is 0 Å². The van der Waals surface area contributed by atoms with Crippen LogP contribution in [0, 0.1) is 29.6 Å². The van der Waals surface area contributed by atoms with E-state index in [0.717, 1.165) is 41.7 Å². The molecule has 5 aromatic carbocycles. The number of hydrogen-bond donors (Lipinski definition) is 0. The fraction of sp³-hybridized carbons (Fsp3) is 0.431. The zero-order valence-corrected chi connectivity index (χ0v) is 45.1. The number of nitrogens with zero attached hydrogens (tertiary/aromatic N) is 2. The Bertz CT molecular complexity index is 2070. The minimum absolute atomic E-state index is 0.833. The van der Waals surface area contributed by atoms with Gasteiger partial charge in [-0.2, -0.15) is 0 Å². The van der Waals surface area contributed by atoms with Crippen molar-refractivity contribution < 1.29 is 0 Å². The second kappa shape index (κ2) is 36.9. The van der Waals surface area contributed by atoms with E-state index in [1.54, 1.807) is 28.5 Å². The highest BCUT2D eigenvalue weighted by molar-refractivity contribution is 5.82. The Morgan fingerprint density at radius 3 is 1.06 bits per heavy atom. The molecule has 2 heteroatoms. The lowest BCUT2D eigenvalue weighted by Crippen LogP contribution is -2.00. The third kappa shape index (κ3) is 31.4. The summed E-state index contributed by atoms with van der Waals surface area (Å²) in [6.07, 6.45) is 20.5. The highest BCUT2D eigenvalue weighted by Crippen LogP contribution is 2.21. The van der Waals surface area contributed by atoms with Crippen LogP contribution < -0.4 is 0 Å². The van der Waals surface area contributed by atoms with Crippen molar-refractivity contribution in [3.05, 3.63) is 198 Å². The van der Waals surface area contributed by atoms with E-state index in [0.29, 0.717) is 0 Å². The Kier molecular flexibility index (Phi) is 32.9. The van der Waals surface area contributed by atoms with Gasteiger partial charge in [-0.15, -0.1) is 0 Å². The van der Waals surface area contributed by atoms with Crippen LogP contribution in [0.25, 0.3) is 22.5 Å². The van der Waals surface area contributed by atoms with Gasteiger partial charge < -0.3 is 4.40 Å². The molecule has 0 radical (unpaired) electrons. The number of aromatic nitrogens is 2. The first-order chi connectivity index (χ1) is 32.0. The highest BCUT2D eigenvalue weighted by atomic mass is 15.0. The molecule has 0 saturated carbocycles. The highest BCUT2D eigenvalue weighted by Gasteiger charge is 2.08. The number of pyridine rings is 1. The van der Waals surface area contributed by atoms with Crippen molar-refractivity contribution in [1.82, 2.24) is 9.38 Å². The van der Waals surface area contributed by atoms with Crippen LogP contribution in [0.2, 0.25) is 0 Å². The van der Waals surface area contributed by atoms with E-state index in [4.69, 9.17) is 0 Å². The van der Waals surface area contributed by atoms with Gasteiger partial charge in [0.15, 0.2) is 0 Å². The summed E-state index contributed by atoms with van der Waals surface area (Å²) in [7, 11) is 0. The lowest BCUT2D eigenvalue weighted by molar-refractivity contribution is 0.685. The van der Waals surface area contributed by atoms with Gasteiger partial charge in [-0.05, 0) is 137 Å². The van der Waals surface area contributed by atoms with Crippen LogP contribution in [0.4, 0.5) is 0 Å². The lowest BCUT2D eigenvalue weighted by Gasteiger charge is -2.13. The quantitative estimate of drug-likeness (QED) is 0.148. The van der Waals surface area contributed by atoms with Gasteiger partial charge in [0.1, 0.15) is 5.65 Å². The van der Waals surface area contributed by atoms with E-state index >= 15 is 0 Å². The van der Waals surface area contributed by atoms with Crippen molar-refractivity contribution in [2.75, 3.05) is 0 Å². The zero-order chi connectivity index (χ0) is 49.8. The lowest BCUT2D eigenvalue weighted by atomic mass is 9.92. The van der Waals surface area contributed by atoms with Gasteiger partial charge in [-0.1, -0.05) is 243 Å². The summed E-state index contributed by atoms with van der Waals surface area (Å²) in [6, 6.07) is 48.7. The molecule has 364 valence electrons. The topological polar surface area (TPSA) is 17.3 Å². The van der Waals surface area contributed by atoms with Crippen LogP contribution in [0.15, 0.2) is 164 Å². The van der Waals surface area contributed by atoms with E-state index in [-0.39, 0.29) is 0 Å². The van der Waals surface area contributed by atoms with Crippen LogP contribution in [0.3, 0.4) is 0 Å². The van der Waals surface area contributed by atoms with E-state index in [1.807, 2.05) is 35.0 Å². The molecule has 0 atom stereocenters. The SMILES string of the molecule is C1=Cc2ccccc2C1.CC(C)C.CC(C)C.CC(C)C.CC(C)C.CC(C)C.c1ccc2c(c1)CCC2.c1ccc2c(c1)CCCC2.c1ccc2ccccc2c1.c1ccn2ccnc2c1. The van der Waals surface area contributed by atoms with E-state index in [1.165, 1.54) is 66.8 Å². The Morgan fingerprint density at radius 1 is 0.358 bits per heavy atom. The van der Waals surface area contributed by atoms with Crippen molar-refractivity contribution in [2.45, 2.75) is 155 Å². The number of hydrogen-bond acceptors (Lipinski definition) is 1. The third-order valence-corrected chi connectivity index (χ3v) is 8.92. The fourth-order valence-electron chi connectivity index (χ4n) is 6.38. The summed E-state index contributed by atoms with van der Waals surface area (Å²) < 4.78 is 1.97. The molecular weight excluding hydrogens is 809 g/mol. The molecule has 0 aliphatic heterocycles. The fourth-order valence-corrected chi connectivity index (χ4v) is 6.38. The number of imidazole rings is 1. The average molecular weight is 903 g/mol. The molecule has 3 aliphatic rings. The monoisotopic (exact) mass is 903 g/mol. The molecule has 10 rings (SSSR count). The van der Waals surface area contributed by atoms with E-state index in [9.17, 15) is 0 Å². The molecule has 0 amide bonds. The zero-order valence-electron chi connectivity index (χ0n) is 45.1. The average Bonchev–Trinajstić information content (AvgIpc) is 4.09. The molecule has 3 aliphatic carbocycles. The standard InChI is InChI=1S/C10H12.C10H8.C9H10.C9H8.C7H6N2.5C4H10/c2*1-2-6-10-8-4-3-7-9(10)5-1;2*1-2-5-9-7-3-6-8(9)4-1;1-2-5-9-6-4-8-7(9)3-1;5*1-4(2)3/h1-2,5-6H,3-4,7-8H2;1-8H;1-2,4-5H,3,6-7H2;1-6H,7H2;1-6H;5*4H,1-3H3. The number of benzene rings is 5. The minimum atomic E-state index is 0.833. The van der Waals surface area contributed by atoms with Gasteiger partial charge in [0.05, 0.1) is 0 Å². The van der Waals surface area contributed by atoms with Crippen LogP contribution in [0.5, 0.6) is 0 Å². The third-order valence-electron chi connectivity index (χ3n) is 8.92. The molecule has 2 nitrogen and oxygen atoms in total. The Balaban J connectivity index is 0.000000382. The molecule has 67 heavy (non-hydrogen) atoms. The van der Waals surface area contributed by atoms with Gasteiger partial charge in [-0.3, -0.25) is 0 Å². The molecule has 0 saturated heterocycles. The van der Waals surface area contributed by atoms with Gasteiger partial charge in [0, 0.05) is 18.6 Å². The molecule has 0 fully saturated rings. The molecule has 0 spiro atoms. The summed E-state index contributed by atoms with van der Waals surface area (Å²) in [5, 5.41) is 2.62. The maximum atomic E-state index is 4.08. The molecule has 0 bridgehead atoms. The van der Waals surface area contributed by atoms with Crippen molar-refractivity contribution in [3.63, 3.8) is 0 Å². The maximum Gasteiger partial charge on any atom is 0.136 e. The Hall–Kier alpha value is -5.21. The second-order valence-electron chi connectivity index (χ2n) is 20.8. The first-order valence-electron chi connectivity index (χ1n) is 25.7. The maximum absolute atomic E-state index is 4.08. The number of rotatable bonds is 0. The first kappa shape index (κ1) is 59.8. The summed E-state index contributed by atoms with van der Waals surface area (Å²) in [4.78, 5) is 4.08. The number of allylic oxidation sites excluding steroid dienone is 1. The number of fused-ring (bicyclic) bond motifs is 5. The first-order valence-corrected chi connectivity index (χ1v) is 25.7. The van der Waals surface area contributed by atoms with Crippen molar-refractivity contribution >= 4 is 22.5 Å². The van der Waals surface area contributed by atoms with E-state index < -0.39 is 0 Å². The second-order valence-corrected chi connectivity index (χ2v) is 20.8. The van der Waals surface area contributed by atoms with Crippen molar-refractivity contribution in [3.8, 4) is 0 Å². The Morgan fingerprint density at radius 2 is 0.687 bits per heavy atom. The molecule has 0 N–H and O–H groups in total. The minimum Gasteiger partial charge on any atom is -0.307 e. The summed E-state index contributed by atoms with van der Waals surface area (Å²) in [5.41, 5.74) is 10.1. The van der Waals surface area contributed by atoms with Crippen LogP contribution in [0.1, 0.15) is 156 Å². The summed E-state index contributed by atoms with van der Waals surface area (Å²) in [5.74, 6) is 4.17. The molecule has 7 aromatic rings. The van der Waals surface area contributed by atoms with Crippen molar-refractivity contribution in [2.24, 2.45) is 29.6 Å². The van der Waals surface area contributed by atoms with Gasteiger partial charge >= 0.3 is 0 Å². The predicted molar refractivity (Wildman–Crippen MR) is 302 cm³/mol. The summed E-state index contributed by atoms with van der Waals surface area (Å²) in [6.45, 7) is 32.5. The van der Waals surface area contributed by atoms with Gasteiger partial charge in [-0.25, -0.2) is 4.98 Å². The van der Waals surface area contributed by atoms with Crippen LogP contribution >= 0.6 is 0 Å². The smallest absolute Gasteiger partial charge is 0.136 e. The van der Waals surface area contributed by atoms with Crippen LogP contribution in [-0.2, 0) is 32.1 Å². The predicted octanol–water partition coefficient (Wildman–Crippen LogP) is 19.5. The van der Waals surface area contributed by atoms with Crippen LogP contribution in [-0.4, -0.2) is 9.38 Å². The summed E-state index contributed by atoms with van der Waals surface area (Å²) >= 11 is 0.